The van der Waals surface area contributed by atoms with Crippen LogP contribution in [0.25, 0.3) is 5.82 Å². The molecule has 3 rings (SSSR count). The van der Waals surface area contributed by atoms with Crippen molar-refractivity contribution in [3.8, 4) is 11.6 Å². The molecular formula is C17H21N9O3. The number of hydrogen-bond donors (Lipinski definition) is 2. The third kappa shape index (κ3) is 4.55. The summed E-state index contributed by atoms with van der Waals surface area (Å²) in [5, 5.41) is 19.2. The van der Waals surface area contributed by atoms with Crippen LogP contribution in [0.3, 0.4) is 0 Å². The first-order valence-electron chi connectivity index (χ1n) is 8.74. The summed E-state index contributed by atoms with van der Waals surface area (Å²) < 4.78 is 11.5. The number of nitrogen functional groups attached to an aromatic ring is 1. The molecule has 0 fully saturated rings. The number of nitrogens with two attached hydrogens (primary N) is 1. The number of nitrogens with zero attached hydrogens (tertiary/aromatic N) is 7. The van der Waals surface area contributed by atoms with Crippen LogP contribution < -0.4 is 15.9 Å². The molecule has 12 nitrogen and oxygen atoms in total. The Kier molecular flexibility index (Phi) is 6.14. The second-order valence-corrected chi connectivity index (χ2v) is 6.18. The molecule has 0 unspecified atom stereocenters. The van der Waals surface area contributed by atoms with Crippen molar-refractivity contribution >= 4 is 17.9 Å². The Morgan fingerprint density at radius 2 is 2.17 bits per heavy atom. The molecule has 29 heavy (non-hydrogen) atoms. The Morgan fingerprint density at radius 1 is 1.38 bits per heavy atom. The summed E-state index contributed by atoms with van der Waals surface area (Å²) >= 11 is 0. The molecule has 3 N–H and O–H groups in total. The minimum Gasteiger partial charge on any atom is -0.493 e. The number of carbonyl (C=O) groups excluding carboxylic acids is 1. The Labute approximate surface area is 166 Å². The maximum absolute atomic E-state index is 12.6. The molecule has 0 saturated carbocycles. The molecule has 2 heterocycles. The quantitative estimate of drug-likeness (QED) is 0.407. The first-order chi connectivity index (χ1) is 14.0. The number of anilines is 1. The van der Waals surface area contributed by atoms with Gasteiger partial charge in [0.2, 0.25) is 11.6 Å². The van der Waals surface area contributed by atoms with Crippen LogP contribution >= 0.6 is 0 Å². The first kappa shape index (κ1) is 19.9. The van der Waals surface area contributed by atoms with Gasteiger partial charge in [0.05, 0.1) is 18.5 Å². The van der Waals surface area contributed by atoms with Crippen molar-refractivity contribution < 1.29 is 14.2 Å². The van der Waals surface area contributed by atoms with Crippen LogP contribution in [0.1, 0.15) is 28.7 Å². The molecule has 0 radical (unpaired) electrons. The molecule has 0 aliphatic heterocycles. The van der Waals surface area contributed by atoms with Gasteiger partial charge in [0.1, 0.15) is 5.75 Å². The summed E-state index contributed by atoms with van der Waals surface area (Å²) in [6.45, 7) is 2.76. The van der Waals surface area contributed by atoms with Gasteiger partial charge in [-0.1, -0.05) is 17.3 Å². The van der Waals surface area contributed by atoms with Crippen LogP contribution in [0.4, 0.5) is 5.82 Å². The summed E-state index contributed by atoms with van der Waals surface area (Å²) in [7, 11) is 3.68. The molecule has 0 atom stereocenters. The Morgan fingerprint density at radius 3 is 2.86 bits per heavy atom. The van der Waals surface area contributed by atoms with Crippen LogP contribution in [-0.4, -0.2) is 63.0 Å². The second-order valence-electron chi connectivity index (χ2n) is 6.18. The van der Waals surface area contributed by atoms with Gasteiger partial charge < -0.3 is 15.4 Å². The lowest BCUT2D eigenvalue weighted by Crippen LogP contribution is -2.23. The maximum atomic E-state index is 12.6. The largest absolute Gasteiger partial charge is 0.493 e. The summed E-state index contributed by atoms with van der Waals surface area (Å²) in [6.07, 6.45) is 1.50. The van der Waals surface area contributed by atoms with Gasteiger partial charge in [0.25, 0.3) is 5.91 Å². The zero-order valence-corrected chi connectivity index (χ0v) is 16.2. The monoisotopic (exact) mass is 399 g/mol. The molecule has 0 aliphatic rings. The minimum absolute atomic E-state index is 0.0346. The molecule has 2 aromatic heterocycles. The number of nitrogens with one attached hydrogen (secondary N) is 1. The second kappa shape index (κ2) is 8.93. The van der Waals surface area contributed by atoms with E-state index in [0.29, 0.717) is 24.6 Å². The number of ether oxygens (including phenoxy) is 1. The fourth-order valence-corrected chi connectivity index (χ4v) is 2.51. The molecule has 12 heteroatoms. The fraction of sp³-hybridized carbons (Fsp3) is 0.294. The Bertz CT molecular complexity index is 1010. The van der Waals surface area contributed by atoms with E-state index in [1.165, 1.54) is 10.9 Å². The van der Waals surface area contributed by atoms with E-state index in [4.69, 9.17) is 10.5 Å². The SMILES string of the molecule is CCOc1ccccc1/C=N\NC(=O)c1nnn(-c2nonc2N)c1CN(C)C. The highest BCUT2D eigenvalue weighted by molar-refractivity contribution is 5.94. The molecule has 3 aromatic rings. The molecule has 0 bridgehead atoms. The lowest BCUT2D eigenvalue weighted by molar-refractivity contribution is 0.0948. The standard InChI is InChI=1S/C17H21N9O3/c1-4-28-13-8-6-5-7-11(13)9-19-21-17(27)14-12(10-25(2)3)26(24-20-14)16-15(18)22-29-23-16/h5-9H,4,10H2,1-3H3,(H2,18,22)(H,21,27)/b19-9-. The van der Waals surface area contributed by atoms with E-state index in [0.717, 1.165) is 5.56 Å². The Hall–Kier alpha value is -3.80. The van der Waals surface area contributed by atoms with Gasteiger partial charge in [-0.05, 0) is 43.5 Å². The lowest BCUT2D eigenvalue weighted by Gasteiger charge is -2.11. The van der Waals surface area contributed by atoms with E-state index >= 15 is 0 Å². The normalized spacial score (nSPS) is 11.3. The van der Waals surface area contributed by atoms with Crippen molar-refractivity contribution in [2.75, 3.05) is 26.4 Å². The number of rotatable bonds is 8. The highest BCUT2D eigenvalue weighted by Crippen LogP contribution is 2.17. The Balaban J connectivity index is 1.82. The van der Waals surface area contributed by atoms with Gasteiger partial charge in [-0.2, -0.15) is 9.78 Å². The highest BCUT2D eigenvalue weighted by atomic mass is 16.6. The first-order valence-corrected chi connectivity index (χ1v) is 8.74. The van der Waals surface area contributed by atoms with E-state index in [1.54, 1.807) is 0 Å². The van der Waals surface area contributed by atoms with Gasteiger partial charge in [-0.15, -0.1) is 5.10 Å². The number of amides is 1. The van der Waals surface area contributed by atoms with Crippen molar-refractivity contribution in [2.45, 2.75) is 13.5 Å². The van der Waals surface area contributed by atoms with Crippen LogP contribution in [0.2, 0.25) is 0 Å². The molecule has 0 spiro atoms. The molecule has 1 amide bonds. The van der Waals surface area contributed by atoms with Crippen molar-refractivity contribution in [3.63, 3.8) is 0 Å². The van der Waals surface area contributed by atoms with Crippen LogP contribution in [-0.2, 0) is 6.54 Å². The molecule has 0 aliphatic carbocycles. The molecule has 1 aromatic carbocycles. The third-order valence-electron chi connectivity index (χ3n) is 3.73. The third-order valence-corrected chi connectivity index (χ3v) is 3.73. The van der Waals surface area contributed by atoms with Gasteiger partial charge in [-0.3, -0.25) is 4.79 Å². The van der Waals surface area contributed by atoms with Crippen molar-refractivity contribution in [1.82, 2.24) is 35.6 Å². The zero-order chi connectivity index (χ0) is 20.8. The van der Waals surface area contributed by atoms with E-state index in [9.17, 15) is 4.79 Å². The van der Waals surface area contributed by atoms with E-state index in [-0.39, 0.29) is 17.3 Å². The number of para-hydroxylation sites is 1. The summed E-state index contributed by atoms with van der Waals surface area (Å²) in [6, 6.07) is 7.36. The van der Waals surface area contributed by atoms with Gasteiger partial charge in [-0.25, -0.2) is 10.1 Å². The summed E-state index contributed by atoms with van der Waals surface area (Å²) in [5.41, 5.74) is 9.46. The fourth-order valence-electron chi connectivity index (χ4n) is 2.51. The zero-order valence-electron chi connectivity index (χ0n) is 16.2. The van der Waals surface area contributed by atoms with Crippen molar-refractivity contribution in [2.24, 2.45) is 5.10 Å². The van der Waals surface area contributed by atoms with Crippen LogP contribution in [0.15, 0.2) is 34.0 Å². The lowest BCUT2D eigenvalue weighted by atomic mass is 10.2. The van der Waals surface area contributed by atoms with E-state index in [1.807, 2.05) is 50.2 Å². The number of aromatic nitrogens is 5. The number of hydrogen-bond acceptors (Lipinski definition) is 10. The topological polar surface area (TPSA) is 150 Å². The molecular weight excluding hydrogens is 378 g/mol. The van der Waals surface area contributed by atoms with Crippen LogP contribution in [0.5, 0.6) is 5.75 Å². The van der Waals surface area contributed by atoms with Crippen LogP contribution in [0, 0.1) is 0 Å². The van der Waals surface area contributed by atoms with Crippen molar-refractivity contribution in [3.05, 3.63) is 41.2 Å². The van der Waals surface area contributed by atoms with Gasteiger partial charge in [0, 0.05) is 12.1 Å². The minimum atomic E-state index is -0.534. The molecule has 152 valence electrons. The van der Waals surface area contributed by atoms with Gasteiger partial charge in [0.15, 0.2) is 5.69 Å². The van der Waals surface area contributed by atoms with Gasteiger partial charge >= 0.3 is 0 Å². The predicted octanol–water partition coefficient (Wildman–Crippen LogP) is 0.457. The smallest absolute Gasteiger partial charge is 0.293 e. The average Bonchev–Trinajstić information content (AvgIpc) is 3.28. The van der Waals surface area contributed by atoms with E-state index < -0.39 is 5.91 Å². The number of carbonyl (C=O) groups is 1. The maximum Gasteiger partial charge on any atom is 0.293 e. The predicted molar refractivity (Wildman–Crippen MR) is 104 cm³/mol. The number of hydrazone groups is 1. The number of benzene rings is 1. The summed E-state index contributed by atoms with van der Waals surface area (Å²) in [5.74, 6) is 0.324. The van der Waals surface area contributed by atoms with Crippen molar-refractivity contribution in [1.29, 1.82) is 0 Å². The average molecular weight is 399 g/mol. The molecule has 0 saturated heterocycles. The summed E-state index contributed by atoms with van der Waals surface area (Å²) in [4.78, 5) is 14.5. The van der Waals surface area contributed by atoms with E-state index in [2.05, 4.69) is 35.8 Å². The highest BCUT2D eigenvalue weighted by Gasteiger charge is 2.24.